The minimum absolute atomic E-state index is 0.755. The van der Waals surface area contributed by atoms with E-state index in [2.05, 4.69) is 4.74 Å². The quantitative estimate of drug-likeness (QED) is 0.703. The summed E-state index contributed by atoms with van der Waals surface area (Å²) in [5.41, 5.74) is -5.49. The Morgan fingerprint density at radius 3 is 2.23 bits per heavy atom. The fourth-order valence-corrected chi connectivity index (χ4v) is 0.843. The molecule has 0 aromatic rings. The molecule has 0 saturated heterocycles. The first-order valence-electron chi connectivity index (χ1n) is 2.81. The number of carbonyl (C=O) groups excluding carboxylic acids is 1. The largest absolute Gasteiger partial charge is 0.516 e. The van der Waals surface area contributed by atoms with Gasteiger partial charge in [-0.1, -0.05) is 0 Å². The molecule has 0 radical (unpaired) electrons. The lowest BCUT2D eigenvalue weighted by atomic mass is 10.7. The molecule has 0 aliphatic heterocycles. The normalized spacial score (nSPS) is 12.6. The van der Waals surface area contributed by atoms with Crippen LogP contribution in [0.5, 0.6) is 0 Å². The molecule has 0 atom stereocenters. The zero-order valence-corrected chi connectivity index (χ0v) is 7.20. The molecule has 0 aliphatic carbocycles. The number of alkyl halides is 3. The van der Waals surface area contributed by atoms with Crippen LogP contribution in [0.2, 0.25) is 0 Å². The van der Waals surface area contributed by atoms with Crippen LogP contribution in [0.25, 0.3) is 0 Å². The monoisotopic (exact) mass is 221 g/mol. The van der Waals surface area contributed by atoms with Gasteiger partial charge in [-0.05, 0) is 0 Å². The lowest BCUT2D eigenvalue weighted by Gasteiger charge is -2.08. The first-order valence-corrected chi connectivity index (χ1v) is 4.30. The van der Waals surface area contributed by atoms with Crippen molar-refractivity contribution in [3.63, 3.8) is 0 Å². The second-order valence-electron chi connectivity index (χ2n) is 1.91. The highest BCUT2D eigenvalue weighted by Crippen LogP contribution is 2.21. The molecular weight excluding hydrogens is 215 g/mol. The van der Waals surface area contributed by atoms with Crippen molar-refractivity contribution >= 4 is 15.9 Å². The zero-order valence-electron chi connectivity index (χ0n) is 6.38. The van der Waals surface area contributed by atoms with Crippen molar-refractivity contribution in [3.8, 4) is 0 Å². The maximum Gasteiger partial charge on any atom is 0.516 e. The summed E-state index contributed by atoms with van der Waals surface area (Å²) in [6, 6.07) is 0. The molecule has 0 bridgehead atoms. The van der Waals surface area contributed by atoms with Crippen LogP contribution in [-0.2, 0) is 19.6 Å². The SMILES string of the molecule is COCC(=O)NS(=O)(=O)C(F)(F)F. The third-order valence-corrected chi connectivity index (χ3v) is 1.93. The van der Waals surface area contributed by atoms with E-state index in [0.717, 1.165) is 11.8 Å². The summed E-state index contributed by atoms with van der Waals surface area (Å²) in [6.07, 6.45) is 0. The van der Waals surface area contributed by atoms with Gasteiger partial charge in [-0.25, -0.2) is 4.72 Å². The fraction of sp³-hybridized carbons (Fsp3) is 0.750. The topological polar surface area (TPSA) is 72.5 Å². The number of sulfonamides is 1. The number of ether oxygens (including phenoxy) is 1. The first-order chi connectivity index (χ1) is 5.70. The third kappa shape index (κ3) is 3.59. The molecule has 1 N–H and O–H groups in total. The number of hydrogen-bond acceptors (Lipinski definition) is 4. The second kappa shape index (κ2) is 3.92. The molecule has 0 rings (SSSR count). The molecule has 0 spiro atoms. The van der Waals surface area contributed by atoms with E-state index in [1.807, 2.05) is 0 Å². The molecule has 1 amide bonds. The van der Waals surface area contributed by atoms with E-state index in [0.29, 0.717) is 0 Å². The van der Waals surface area contributed by atoms with Crippen molar-refractivity contribution in [3.05, 3.63) is 0 Å². The number of hydrogen-bond donors (Lipinski definition) is 1. The average Bonchev–Trinajstić information content (AvgIpc) is 1.83. The van der Waals surface area contributed by atoms with Crippen LogP contribution in [0.15, 0.2) is 0 Å². The number of methoxy groups -OCH3 is 1. The molecule has 0 saturated carbocycles. The third-order valence-electron chi connectivity index (χ3n) is 0.828. The second-order valence-corrected chi connectivity index (χ2v) is 3.58. The van der Waals surface area contributed by atoms with Gasteiger partial charge in [0.2, 0.25) is 0 Å². The molecule has 13 heavy (non-hydrogen) atoms. The zero-order chi connectivity index (χ0) is 10.7. The van der Waals surface area contributed by atoms with Crippen LogP contribution >= 0.6 is 0 Å². The maximum atomic E-state index is 11.6. The lowest BCUT2D eigenvalue weighted by Crippen LogP contribution is -2.41. The first kappa shape index (κ1) is 12.2. The van der Waals surface area contributed by atoms with E-state index in [4.69, 9.17) is 0 Å². The van der Waals surface area contributed by atoms with E-state index < -0.39 is 28.0 Å². The fourth-order valence-electron chi connectivity index (χ4n) is 0.368. The number of rotatable bonds is 3. The highest BCUT2D eigenvalue weighted by Gasteiger charge is 2.46. The van der Waals surface area contributed by atoms with E-state index in [-0.39, 0.29) is 0 Å². The Balaban J connectivity index is 4.46. The van der Waals surface area contributed by atoms with Crippen molar-refractivity contribution in [2.75, 3.05) is 13.7 Å². The van der Waals surface area contributed by atoms with Gasteiger partial charge in [-0.15, -0.1) is 0 Å². The number of carbonyl (C=O) groups is 1. The van der Waals surface area contributed by atoms with Crippen LogP contribution in [0, 0.1) is 0 Å². The van der Waals surface area contributed by atoms with Gasteiger partial charge in [0, 0.05) is 7.11 Å². The molecule has 0 heterocycles. The summed E-state index contributed by atoms with van der Waals surface area (Å²) in [5.74, 6) is -1.38. The van der Waals surface area contributed by atoms with Crippen molar-refractivity contribution in [1.29, 1.82) is 0 Å². The standard InChI is InChI=1S/C4H6F3NO4S/c1-12-2-3(9)8-13(10,11)4(5,6)7/h2H2,1H3,(H,8,9). The average molecular weight is 221 g/mol. The summed E-state index contributed by atoms with van der Waals surface area (Å²) in [7, 11) is -4.56. The molecule has 0 fully saturated rings. The van der Waals surface area contributed by atoms with Crippen LogP contribution in [0.4, 0.5) is 13.2 Å². The van der Waals surface area contributed by atoms with Crippen molar-refractivity contribution in [2.24, 2.45) is 0 Å². The van der Waals surface area contributed by atoms with E-state index in [1.54, 1.807) is 0 Å². The highest BCUT2D eigenvalue weighted by molar-refractivity contribution is 7.90. The smallest absolute Gasteiger partial charge is 0.375 e. The van der Waals surface area contributed by atoms with Crippen LogP contribution in [-0.4, -0.2) is 33.5 Å². The predicted molar refractivity (Wildman–Crippen MR) is 35.0 cm³/mol. The predicted octanol–water partition coefficient (Wildman–Crippen LogP) is -0.401. The van der Waals surface area contributed by atoms with Crippen LogP contribution in [0.1, 0.15) is 0 Å². The summed E-state index contributed by atoms with van der Waals surface area (Å²) in [4.78, 5) is 10.4. The summed E-state index contributed by atoms with van der Waals surface area (Å²) in [5, 5.41) is 0. The van der Waals surface area contributed by atoms with Gasteiger partial charge >= 0.3 is 15.5 Å². The Labute approximate surface area is 71.9 Å². The molecular formula is C4H6F3NO4S. The molecule has 0 unspecified atom stereocenters. The molecule has 5 nitrogen and oxygen atoms in total. The summed E-state index contributed by atoms with van der Waals surface area (Å²) in [6.45, 7) is -0.755. The number of nitrogens with one attached hydrogen (secondary N) is 1. The lowest BCUT2D eigenvalue weighted by molar-refractivity contribution is -0.123. The van der Waals surface area contributed by atoms with Gasteiger partial charge in [-0.3, -0.25) is 4.79 Å². The Morgan fingerprint density at radius 2 is 1.92 bits per heavy atom. The van der Waals surface area contributed by atoms with E-state index in [9.17, 15) is 26.4 Å². The minimum Gasteiger partial charge on any atom is -0.375 e. The van der Waals surface area contributed by atoms with Gasteiger partial charge in [0.1, 0.15) is 6.61 Å². The van der Waals surface area contributed by atoms with Crippen LogP contribution < -0.4 is 4.72 Å². The number of amides is 1. The number of halogens is 3. The molecule has 78 valence electrons. The minimum atomic E-state index is -5.60. The van der Waals surface area contributed by atoms with Crippen molar-refractivity contribution in [2.45, 2.75) is 5.51 Å². The van der Waals surface area contributed by atoms with Gasteiger partial charge in [0.25, 0.3) is 5.91 Å². The van der Waals surface area contributed by atoms with Crippen LogP contribution in [0.3, 0.4) is 0 Å². The Hall–Kier alpha value is -0.830. The Bertz CT molecular complexity index is 282. The maximum absolute atomic E-state index is 11.6. The Kier molecular flexibility index (Phi) is 3.67. The molecule has 0 aliphatic rings. The Morgan fingerprint density at radius 1 is 1.46 bits per heavy atom. The summed E-state index contributed by atoms with van der Waals surface area (Å²) >= 11 is 0. The summed E-state index contributed by atoms with van der Waals surface area (Å²) < 4.78 is 60.1. The van der Waals surface area contributed by atoms with Gasteiger partial charge in [0.05, 0.1) is 0 Å². The van der Waals surface area contributed by atoms with Crippen molar-refractivity contribution < 1.29 is 31.1 Å². The van der Waals surface area contributed by atoms with Gasteiger partial charge in [-0.2, -0.15) is 21.6 Å². The molecule has 9 heteroatoms. The van der Waals surface area contributed by atoms with E-state index in [1.165, 1.54) is 0 Å². The van der Waals surface area contributed by atoms with Gasteiger partial charge in [0.15, 0.2) is 0 Å². The highest BCUT2D eigenvalue weighted by atomic mass is 32.2. The van der Waals surface area contributed by atoms with E-state index >= 15 is 0 Å². The van der Waals surface area contributed by atoms with Crippen molar-refractivity contribution in [1.82, 2.24) is 4.72 Å². The molecule has 0 aromatic carbocycles. The molecule has 0 aromatic heterocycles. The van der Waals surface area contributed by atoms with Gasteiger partial charge < -0.3 is 4.74 Å².